The predicted octanol–water partition coefficient (Wildman–Crippen LogP) is 4.10. The second-order valence-corrected chi connectivity index (χ2v) is 4.94. The molecule has 0 amide bonds. The van der Waals surface area contributed by atoms with E-state index in [4.69, 9.17) is 5.41 Å². The molecule has 0 radical (unpaired) electrons. The number of imidazole rings is 1. The van der Waals surface area contributed by atoms with Crippen LogP contribution in [-0.2, 0) is 0 Å². The fourth-order valence-corrected chi connectivity index (χ4v) is 1.81. The lowest BCUT2D eigenvalue weighted by atomic mass is 10.1. The van der Waals surface area contributed by atoms with E-state index in [9.17, 15) is 0 Å². The molecule has 0 spiro atoms. The van der Waals surface area contributed by atoms with Crippen molar-refractivity contribution in [3.63, 3.8) is 0 Å². The van der Waals surface area contributed by atoms with Gasteiger partial charge in [-0.1, -0.05) is 13.8 Å². The molecule has 5 nitrogen and oxygen atoms in total. The number of aryl methyl sites for hydroxylation is 1. The molecule has 2 aromatic rings. The van der Waals surface area contributed by atoms with E-state index in [-0.39, 0.29) is 0 Å². The molecule has 2 aromatic heterocycles. The third-order valence-corrected chi connectivity index (χ3v) is 2.85. The summed E-state index contributed by atoms with van der Waals surface area (Å²) in [6, 6.07) is 0.312. The molecule has 0 aliphatic carbocycles. The molecule has 0 aliphatic heterocycles. The Hall–Kier alpha value is -2.17. The van der Waals surface area contributed by atoms with Gasteiger partial charge < -0.3 is 10.4 Å². The van der Waals surface area contributed by atoms with E-state index >= 15 is 0 Å². The van der Waals surface area contributed by atoms with Gasteiger partial charge in [0, 0.05) is 41.0 Å². The van der Waals surface area contributed by atoms with Crippen LogP contribution in [0.25, 0.3) is 11.6 Å². The van der Waals surface area contributed by atoms with Gasteiger partial charge in [0.15, 0.2) is 0 Å². The third-order valence-electron chi connectivity index (χ3n) is 2.85. The van der Waals surface area contributed by atoms with Crippen molar-refractivity contribution in [3.05, 3.63) is 35.7 Å². The average molecular weight is 287 g/mol. The maximum atomic E-state index is 7.91. The van der Waals surface area contributed by atoms with Gasteiger partial charge in [0.05, 0.1) is 6.20 Å². The number of H-pyrrole nitrogens is 1. The predicted molar refractivity (Wildman–Crippen MR) is 88.6 cm³/mol. The lowest BCUT2D eigenvalue weighted by Gasteiger charge is -2.04. The molecule has 0 aliphatic rings. The Balaban J connectivity index is 0.00000106. The molecular formula is C16H25N5. The van der Waals surface area contributed by atoms with E-state index in [1.54, 1.807) is 19.3 Å². The van der Waals surface area contributed by atoms with Crippen molar-refractivity contribution in [2.75, 3.05) is 0 Å². The number of aromatic nitrogens is 4. The van der Waals surface area contributed by atoms with E-state index in [1.165, 1.54) is 0 Å². The van der Waals surface area contributed by atoms with Crippen LogP contribution in [0.3, 0.4) is 0 Å². The highest BCUT2D eigenvalue weighted by molar-refractivity contribution is 6.25. The molecule has 2 rings (SSSR count). The molecule has 0 saturated carbocycles. The van der Waals surface area contributed by atoms with Crippen LogP contribution in [0.15, 0.2) is 18.6 Å². The van der Waals surface area contributed by atoms with Crippen molar-refractivity contribution in [2.24, 2.45) is 0 Å². The van der Waals surface area contributed by atoms with Gasteiger partial charge in [-0.05, 0) is 33.8 Å². The Morgan fingerprint density at radius 1 is 1.33 bits per heavy atom. The van der Waals surface area contributed by atoms with Gasteiger partial charge in [-0.15, -0.1) is 0 Å². The summed E-state index contributed by atoms with van der Waals surface area (Å²) in [7, 11) is 0. The summed E-state index contributed by atoms with van der Waals surface area (Å²) in [5.74, 6) is 0.761. The summed E-state index contributed by atoms with van der Waals surface area (Å²) in [5.41, 5.74) is 3.28. The Morgan fingerprint density at radius 3 is 2.43 bits per heavy atom. The van der Waals surface area contributed by atoms with Crippen molar-refractivity contribution >= 4 is 17.4 Å². The maximum Gasteiger partial charge on any atom is 0.130 e. The van der Waals surface area contributed by atoms with E-state index in [2.05, 4.69) is 28.9 Å². The van der Waals surface area contributed by atoms with Crippen LogP contribution in [-0.4, -0.2) is 25.5 Å². The molecule has 0 atom stereocenters. The van der Waals surface area contributed by atoms with Crippen LogP contribution in [0.5, 0.6) is 0 Å². The summed E-state index contributed by atoms with van der Waals surface area (Å²) in [4.78, 5) is 7.40. The van der Waals surface area contributed by atoms with Gasteiger partial charge in [0.1, 0.15) is 5.82 Å². The summed E-state index contributed by atoms with van der Waals surface area (Å²) in [6.07, 6.45) is 7.42. The smallest absolute Gasteiger partial charge is 0.130 e. The van der Waals surface area contributed by atoms with Crippen LogP contribution in [0.2, 0.25) is 0 Å². The second-order valence-electron chi connectivity index (χ2n) is 4.94. The van der Waals surface area contributed by atoms with E-state index in [0.29, 0.717) is 11.8 Å². The molecule has 0 unspecified atom stereocenters. The zero-order chi connectivity index (χ0) is 16.0. The molecular weight excluding hydrogens is 262 g/mol. The van der Waals surface area contributed by atoms with Crippen LogP contribution >= 0.6 is 0 Å². The highest BCUT2D eigenvalue weighted by Crippen LogP contribution is 2.19. The topological polar surface area (TPSA) is 70.3 Å². The number of aromatic amines is 1. The van der Waals surface area contributed by atoms with Crippen molar-refractivity contribution in [2.45, 2.75) is 47.6 Å². The lowest BCUT2D eigenvalue weighted by molar-refractivity contribution is 0.532. The van der Waals surface area contributed by atoms with E-state index in [0.717, 1.165) is 22.7 Å². The van der Waals surface area contributed by atoms with Crippen LogP contribution < -0.4 is 0 Å². The summed E-state index contributed by atoms with van der Waals surface area (Å²) in [5, 5.41) is 12.2. The van der Waals surface area contributed by atoms with Gasteiger partial charge in [0.25, 0.3) is 0 Å². The Bertz CT molecular complexity index is 616. The monoisotopic (exact) mass is 287 g/mol. The molecule has 0 bridgehead atoms. The second kappa shape index (κ2) is 7.57. The number of hydrogen-bond donors (Lipinski definition) is 2. The zero-order valence-corrected chi connectivity index (χ0v) is 13.7. The normalized spacial score (nSPS) is 11.3. The third kappa shape index (κ3) is 4.41. The Morgan fingerprint density at radius 2 is 2.00 bits per heavy atom. The van der Waals surface area contributed by atoms with Crippen molar-refractivity contribution in [1.82, 2.24) is 19.7 Å². The molecule has 21 heavy (non-hydrogen) atoms. The first-order valence-corrected chi connectivity index (χ1v) is 7.30. The molecule has 0 fully saturated rings. The molecule has 2 heterocycles. The number of nitrogens with one attached hydrogen (secondary N) is 2. The number of allylic oxidation sites excluding steroid dienone is 1. The van der Waals surface area contributed by atoms with Gasteiger partial charge in [0.2, 0.25) is 0 Å². The van der Waals surface area contributed by atoms with Crippen LogP contribution in [0.1, 0.15) is 57.7 Å². The number of nitrogens with zero attached hydrogens (tertiary/aromatic N) is 3. The van der Waals surface area contributed by atoms with E-state index in [1.807, 2.05) is 37.7 Å². The first-order valence-electron chi connectivity index (χ1n) is 7.30. The molecule has 2 N–H and O–H groups in total. The standard InChI is InChI=1S/C14H19N5.C2H6/c1-9(2)19-8-12(7-17-19)13(11(4)15)5-14-16-6-10(3)18-14;1-2/h5-9,15H,1-4H3,(H,16,18);1-2H3/b13-5+,15-11?;. The highest BCUT2D eigenvalue weighted by Gasteiger charge is 2.09. The molecule has 0 saturated heterocycles. The highest BCUT2D eigenvalue weighted by atomic mass is 15.3. The van der Waals surface area contributed by atoms with Gasteiger partial charge >= 0.3 is 0 Å². The maximum absolute atomic E-state index is 7.91. The van der Waals surface area contributed by atoms with Gasteiger partial charge in [-0.25, -0.2) is 4.98 Å². The minimum Gasteiger partial charge on any atom is -0.343 e. The molecule has 5 heteroatoms. The minimum absolute atomic E-state index is 0.312. The van der Waals surface area contributed by atoms with Crippen molar-refractivity contribution in [1.29, 1.82) is 5.41 Å². The average Bonchev–Trinajstić information content (AvgIpc) is 3.07. The zero-order valence-electron chi connectivity index (χ0n) is 13.7. The van der Waals surface area contributed by atoms with E-state index < -0.39 is 0 Å². The molecule has 0 aromatic carbocycles. The summed E-state index contributed by atoms with van der Waals surface area (Å²) >= 11 is 0. The Kier molecular flexibility index (Phi) is 6.09. The quantitative estimate of drug-likeness (QED) is 0.831. The van der Waals surface area contributed by atoms with Crippen molar-refractivity contribution < 1.29 is 0 Å². The van der Waals surface area contributed by atoms with Crippen LogP contribution in [0.4, 0.5) is 0 Å². The van der Waals surface area contributed by atoms with Crippen LogP contribution in [0, 0.1) is 12.3 Å². The van der Waals surface area contributed by atoms with Gasteiger partial charge in [-0.2, -0.15) is 5.10 Å². The SMILES string of the molecule is CC.CC(=N)/C(=C\c1ncc(C)[nH]1)c1cnn(C(C)C)c1. The first-order chi connectivity index (χ1) is 9.97. The van der Waals surface area contributed by atoms with Crippen molar-refractivity contribution in [3.8, 4) is 0 Å². The van der Waals surface area contributed by atoms with Gasteiger partial charge in [-0.3, -0.25) is 4.68 Å². The Labute approximate surface area is 126 Å². The number of rotatable bonds is 4. The fraction of sp³-hybridized carbons (Fsp3) is 0.438. The molecule has 114 valence electrons. The summed E-state index contributed by atoms with van der Waals surface area (Å²) < 4.78 is 1.89. The number of hydrogen-bond acceptors (Lipinski definition) is 3. The largest absolute Gasteiger partial charge is 0.343 e. The lowest BCUT2D eigenvalue weighted by Crippen LogP contribution is -2.00. The fourth-order valence-electron chi connectivity index (χ4n) is 1.81. The summed E-state index contributed by atoms with van der Waals surface area (Å²) in [6.45, 7) is 11.9. The first kappa shape index (κ1) is 16.9. The minimum atomic E-state index is 0.312.